The Labute approximate surface area is 133 Å². The van der Waals surface area contributed by atoms with Gasteiger partial charge in [0.15, 0.2) is 11.9 Å². The number of hydrogen-bond acceptors (Lipinski definition) is 3. The number of carbonyl (C=O) groups excluding carboxylic acids is 2. The molecule has 3 rings (SSSR count). The average Bonchev–Trinajstić information content (AvgIpc) is 2.90. The van der Waals surface area contributed by atoms with Gasteiger partial charge in [-0.3, -0.25) is 9.59 Å². The van der Waals surface area contributed by atoms with Gasteiger partial charge in [-0.25, -0.2) is 0 Å². The molecule has 0 radical (unpaired) electrons. The Morgan fingerprint density at radius 2 is 2.05 bits per heavy atom. The maximum atomic E-state index is 12.3. The van der Waals surface area contributed by atoms with Crippen LogP contribution in [0.25, 0.3) is 0 Å². The molecule has 2 aromatic rings. The van der Waals surface area contributed by atoms with Crippen LogP contribution in [0.2, 0.25) is 5.02 Å². The van der Waals surface area contributed by atoms with E-state index in [4.69, 9.17) is 16.3 Å². The number of fused-ring (bicyclic) bond motifs is 1. The normalized spacial score (nSPS) is 15.8. The summed E-state index contributed by atoms with van der Waals surface area (Å²) in [6.45, 7) is 1.49. The van der Waals surface area contributed by atoms with E-state index in [0.29, 0.717) is 28.4 Å². The molecule has 5 heteroatoms. The topological polar surface area (TPSA) is 55.4 Å². The van der Waals surface area contributed by atoms with Crippen molar-refractivity contribution in [2.45, 2.75) is 19.4 Å². The van der Waals surface area contributed by atoms with Gasteiger partial charge >= 0.3 is 0 Å². The van der Waals surface area contributed by atoms with Gasteiger partial charge in [0, 0.05) is 22.7 Å². The molecule has 1 heterocycles. The molecular formula is C17H14ClNO3. The van der Waals surface area contributed by atoms with Crippen LogP contribution in [0, 0.1) is 0 Å². The van der Waals surface area contributed by atoms with E-state index in [9.17, 15) is 9.59 Å². The van der Waals surface area contributed by atoms with Crippen molar-refractivity contribution in [2.75, 3.05) is 5.32 Å². The van der Waals surface area contributed by atoms with Gasteiger partial charge in [-0.15, -0.1) is 0 Å². The Morgan fingerprint density at radius 1 is 1.23 bits per heavy atom. The summed E-state index contributed by atoms with van der Waals surface area (Å²) in [5.74, 6) is 0.394. The van der Waals surface area contributed by atoms with Gasteiger partial charge in [-0.2, -0.15) is 0 Å². The van der Waals surface area contributed by atoms with E-state index in [2.05, 4.69) is 5.32 Å². The summed E-state index contributed by atoms with van der Waals surface area (Å²) in [4.78, 5) is 23.7. The van der Waals surface area contributed by atoms with Crippen molar-refractivity contribution in [3.05, 3.63) is 58.6 Å². The Kier molecular flexibility index (Phi) is 3.86. The number of benzene rings is 2. The van der Waals surface area contributed by atoms with Crippen LogP contribution in [0.1, 0.15) is 22.8 Å². The van der Waals surface area contributed by atoms with Gasteiger partial charge in [0.1, 0.15) is 5.75 Å². The number of rotatable bonds is 3. The second-order valence-electron chi connectivity index (χ2n) is 5.19. The Hall–Kier alpha value is -2.33. The number of Topliss-reactive ketones (excluding diaryl/α,β-unsaturated/α-hetero) is 1. The summed E-state index contributed by atoms with van der Waals surface area (Å²) < 4.78 is 5.64. The van der Waals surface area contributed by atoms with Gasteiger partial charge in [0.2, 0.25) is 0 Å². The first kappa shape index (κ1) is 14.6. The van der Waals surface area contributed by atoms with Crippen LogP contribution in [0.15, 0.2) is 42.5 Å². The SMILES string of the molecule is CC(=O)c1cccc(NC(=O)[C@@H]2Cc3cc(Cl)ccc3O2)c1. The molecule has 2 aromatic carbocycles. The standard InChI is InChI=1S/C17H14ClNO3/c1-10(20)11-3-2-4-14(8-11)19-17(21)16-9-12-7-13(18)5-6-15(12)22-16/h2-8,16H,9H2,1H3,(H,19,21)/t16-/m0/s1. The van der Waals surface area contributed by atoms with Crippen molar-refractivity contribution in [2.24, 2.45) is 0 Å². The lowest BCUT2D eigenvalue weighted by Gasteiger charge is -2.11. The summed E-state index contributed by atoms with van der Waals surface area (Å²) in [5.41, 5.74) is 2.06. The van der Waals surface area contributed by atoms with Crippen LogP contribution in [-0.2, 0) is 11.2 Å². The van der Waals surface area contributed by atoms with Crippen molar-refractivity contribution < 1.29 is 14.3 Å². The Morgan fingerprint density at radius 3 is 2.82 bits per heavy atom. The minimum absolute atomic E-state index is 0.0461. The molecule has 4 nitrogen and oxygen atoms in total. The van der Waals surface area contributed by atoms with Crippen LogP contribution in [0.3, 0.4) is 0 Å². The lowest BCUT2D eigenvalue weighted by molar-refractivity contribution is -0.122. The molecule has 0 aliphatic carbocycles. The maximum absolute atomic E-state index is 12.3. The second kappa shape index (κ2) is 5.81. The monoisotopic (exact) mass is 315 g/mol. The fraction of sp³-hybridized carbons (Fsp3) is 0.176. The zero-order chi connectivity index (χ0) is 15.7. The third-order valence-electron chi connectivity index (χ3n) is 3.53. The van der Waals surface area contributed by atoms with Crippen molar-refractivity contribution in [3.63, 3.8) is 0 Å². The molecule has 1 amide bonds. The molecular weight excluding hydrogens is 302 g/mol. The summed E-state index contributed by atoms with van der Waals surface area (Å²) in [6.07, 6.45) is -0.108. The number of hydrogen-bond donors (Lipinski definition) is 1. The van der Waals surface area contributed by atoms with Gasteiger partial charge in [0.05, 0.1) is 0 Å². The summed E-state index contributed by atoms with van der Waals surface area (Å²) in [7, 11) is 0. The lowest BCUT2D eigenvalue weighted by Crippen LogP contribution is -2.31. The van der Waals surface area contributed by atoms with E-state index in [-0.39, 0.29) is 11.7 Å². The zero-order valence-corrected chi connectivity index (χ0v) is 12.7. The second-order valence-corrected chi connectivity index (χ2v) is 5.63. The molecule has 0 fully saturated rings. The summed E-state index contributed by atoms with van der Waals surface area (Å²) >= 11 is 5.94. The molecule has 0 unspecified atom stereocenters. The lowest BCUT2D eigenvalue weighted by atomic mass is 10.1. The van der Waals surface area contributed by atoms with Crippen LogP contribution in [-0.4, -0.2) is 17.8 Å². The predicted molar refractivity (Wildman–Crippen MR) is 84.6 cm³/mol. The molecule has 22 heavy (non-hydrogen) atoms. The van der Waals surface area contributed by atoms with Crippen molar-refractivity contribution >= 4 is 29.0 Å². The highest BCUT2D eigenvalue weighted by molar-refractivity contribution is 6.30. The number of anilines is 1. The summed E-state index contributed by atoms with van der Waals surface area (Å²) in [6, 6.07) is 12.1. The third-order valence-corrected chi connectivity index (χ3v) is 3.76. The molecule has 1 aliphatic heterocycles. The van der Waals surface area contributed by atoms with E-state index in [1.165, 1.54) is 6.92 Å². The molecule has 0 spiro atoms. The number of ketones is 1. The highest BCUT2D eigenvalue weighted by atomic mass is 35.5. The minimum Gasteiger partial charge on any atom is -0.480 e. The molecule has 1 aliphatic rings. The number of amides is 1. The summed E-state index contributed by atoms with van der Waals surface area (Å²) in [5, 5.41) is 3.40. The van der Waals surface area contributed by atoms with Crippen molar-refractivity contribution in [1.82, 2.24) is 0 Å². The first-order valence-electron chi connectivity index (χ1n) is 6.90. The molecule has 0 aromatic heterocycles. The zero-order valence-electron chi connectivity index (χ0n) is 11.9. The largest absolute Gasteiger partial charge is 0.480 e. The smallest absolute Gasteiger partial charge is 0.265 e. The first-order valence-corrected chi connectivity index (χ1v) is 7.27. The fourth-order valence-corrected chi connectivity index (χ4v) is 2.60. The van der Waals surface area contributed by atoms with Crippen molar-refractivity contribution in [1.29, 1.82) is 0 Å². The van der Waals surface area contributed by atoms with E-state index >= 15 is 0 Å². The van der Waals surface area contributed by atoms with Crippen LogP contribution < -0.4 is 10.1 Å². The Balaban J connectivity index is 1.71. The number of nitrogens with one attached hydrogen (secondary N) is 1. The molecule has 1 atom stereocenters. The van der Waals surface area contributed by atoms with Gasteiger partial charge < -0.3 is 10.1 Å². The Bertz CT molecular complexity index is 757. The highest BCUT2D eigenvalue weighted by Crippen LogP contribution is 2.31. The van der Waals surface area contributed by atoms with Gasteiger partial charge in [-0.1, -0.05) is 23.7 Å². The van der Waals surface area contributed by atoms with E-state index in [1.54, 1.807) is 42.5 Å². The number of halogens is 1. The minimum atomic E-state index is -0.588. The van der Waals surface area contributed by atoms with Gasteiger partial charge in [0.25, 0.3) is 5.91 Å². The van der Waals surface area contributed by atoms with Crippen LogP contribution in [0.4, 0.5) is 5.69 Å². The number of carbonyl (C=O) groups is 2. The predicted octanol–water partition coefficient (Wildman–Crippen LogP) is 3.48. The molecule has 0 saturated carbocycles. The quantitative estimate of drug-likeness (QED) is 0.882. The third kappa shape index (κ3) is 2.97. The van der Waals surface area contributed by atoms with E-state index in [1.807, 2.05) is 0 Å². The number of ether oxygens (including phenoxy) is 1. The first-order chi connectivity index (χ1) is 10.5. The van der Waals surface area contributed by atoms with E-state index in [0.717, 1.165) is 5.56 Å². The average molecular weight is 316 g/mol. The molecule has 1 N–H and O–H groups in total. The molecule has 0 saturated heterocycles. The van der Waals surface area contributed by atoms with E-state index < -0.39 is 6.10 Å². The van der Waals surface area contributed by atoms with Crippen LogP contribution >= 0.6 is 11.6 Å². The maximum Gasteiger partial charge on any atom is 0.265 e. The van der Waals surface area contributed by atoms with Crippen molar-refractivity contribution in [3.8, 4) is 5.75 Å². The molecule has 112 valence electrons. The van der Waals surface area contributed by atoms with Gasteiger partial charge in [-0.05, 0) is 42.8 Å². The van der Waals surface area contributed by atoms with Crippen LogP contribution in [0.5, 0.6) is 5.75 Å². The molecule has 0 bridgehead atoms. The fourth-order valence-electron chi connectivity index (χ4n) is 2.40. The highest BCUT2D eigenvalue weighted by Gasteiger charge is 2.29.